The van der Waals surface area contributed by atoms with E-state index in [4.69, 9.17) is 0 Å². The van der Waals surface area contributed by atoms with E-state index < -0.39 is 0 Å². The zero-order valence-electron chi connectivity index (χ0n) is 4.94. The van der Waals surface area contributed by atoms with Crippen LogP contribution >= 0.6 is 0 Å². The topological polar surface area (TPSA) is 0 Å². The van der Waals surface area contributed by atoms with Crippen molar-refractivity contribution in [2.24, 2.45) is 0 Å². The fourth-order valence-electron chi connectivity index (χ4n) is 0. The van der Waals surface area contributed by atoms with Gasteiger partial charge < -0.3 is 24.0 Å². The predicted molar refractivity (Wildman–Crippen MR) is 28.7 cm³/mol. The van der Waals surface area contributed by atoms with E-state index in [1.807, 2.05) is 0 Å². The molecule has 0 aromatic heterocycles. The molecule has 0 saturated heterocycles. The molecule has 0 aliphatic carbocycles. The fourth-order valence-corrected chi connectivity index (χ4v) is 0. The van der Waals surface area contributed by atoms with Gasteiger partial charge in [-0.15, -0.1) is 0 Å². The van der Waals surface area contributed by atoms with E-state index in [0.29, 0.717) is 0 Å². The molecule has 0 fully saturated rings. The normalized spacial score (nSPS) is 10.3. The first kappa shape index (κ1) is 11.1. The molecule has 0 bridgehead atoms. The first-order chi connectivity index (χ1) is 2.56. The molecular weight excluding hydrogens is 268 g/mol. The average molecular weight is 279 g/mol. The molecule has 0 unspecified atom stereocenters. The Kier molecular flexibility index (Phi) is 6.52. The molecular formula is C4H11INSe. The second kappa shape index (κ2) is 4.12. The minimum absolute atomic E-state index is 0. The van der Waals surface area contributed by atoms with Crippen LogP contribution in [0.25, 0.3) is 0 Å². The van der Waals surface area contributed by atoms with Crippen LogP contribution in [0, 0.1) is 0 Å². The summed E-state index contributed by atoms with van der Waals surface area (Å²) in [6.07, 6.45) is 0. The van der Waals surface area contributed by atoms with Gasteiger partial charge in [0.25, 0.3) is 0 Å². The van der Waals surface area contributed by atoms with Crippen molar-refractivity contribution in [1.29, 1.82) is 0 Å². The smallest absolute Gasteiger partial charge is 1.00 e. The van der Waals surface area contributed by atoms with Crippen LogP contribution in [-0.4, -0.2) is 47.1 Å². The van der Waals surface area contributed by atoms with Gasteiger partial charge in [-0.2, -0.15) is 0 Å². The first-order valence-corrected chi connectivity index (χ1v) is 3.16. The van der Waals surface area contributed by atoms with Crippen LogP contribution in [0.15, 0.2) is 0 Å². The quantitative estimate of drug-likeness (QED) is 0.270. The number of nitrogens with zero attached hydrogens (tertiary/aromatic N) is 1. The van der Waals surface area contributed by atoms with Crippen LogP contribution in [0.2, 0.25) is 0 Å². The third-order valence-electron chi connectivity index (χ3n) is 0.387. The Morgan fingerprint density at radius 2 is 1.43 bits per heavy atom. The third kappa shape index (κ3) is 11.0. The summed E-state index contributed by atoms with van der Waals surface area (Å²) in [4.78, 5) is 0. The van der Waals surface area contributed by atoms with Gasteiger partial charge in [-0.3, -0.25) is 0 Å². The molecule has 0 atom stereocenters. The van der Waals surface area contributed by atoms with E-state index in [9.17, 15) is 0 Å². The van der Waals surface area contributed by atoms with Crippen molar-refractivity contribution in [3.8, 4) is 0 Å². The fraction of sp³-hybridized carbons (Fsp3) is 1.00. The molecule has 1 radical (unpaired) electrons. The summed E-state index contributed by atoms with van der Waals surface area (Å²) in [5, 5.41) is 0. The summed E-state index contributed by atoms with van der Waals surface area (Å²) < 4.78 is 1.01. The Balaban J connectivity index is 0. The van der Waals surface area contributed by atoms with E-state index in [2.05, 4.69) is 37.2 Å². The molecule has 0 aliphatic heterocycles. The Morgan fingerprint density at radius 1 is 1.29 bits per heavy atom. The Hall–Kier alpha value is 1.21. The van der Waals surface area contributed by atoms with Gasteiger partial charge in [-0.05, 0) is 0 Å². The molecule has 0 saturated carbocycles. The van der Waals surface area contributed by atoms with E-state index in [1.54, 1.807) is 0 Å². The summed E-state index contributed by atoms with van der Waals surface area (Å²) >= 11 is 2.95. The van der Waals surface area contributed by atoms with E-state index in [-0.39, 0.29) is 24.0 Å². The summed E-state index contributed by atoms with van der Waals surface area (Å²) in [5.41, 5.74) is 1.08. The van der Waals surface area contributed by atoms with Gasteiger partial charge in [0, 0.05) is 0 Å². The van der Waals surface area contributed by atoms with Gasteiger partial charge in [0.2, 0.25) is 0 Å². The average Bonchev–Trinajstić information content (AvgIpc) is 1.35. The largest absolute Gasteiger partial charge is 1.00 e. The maximum Gasteiger partial charge on any atom is -1.00 e. The molecule has 0 rings (SSSR count). The van der Waals surface area contributed by atoms with Crippen molar-refractivity contribution in [1.82, 2.24) is 0 Å². The SMILES string of the molecule is C[N+](C)(C)C[Se].[I-]. The molecule has 45 valence electrons. The monoisotopic (exact) mass is 280 g/mol. The van der Waals surface area contributed by atoms with Crippen molar-refractivity contribution in [2.75, 3.05) is 26.6 Å². The number of hydrogen-bond donors (Lipinski definition) is 0. The number of rotatable bonds is 1. The number of hydrogen-bond acceptors (Lipinski definition) is 0. The molecule has 7 heavy (non-hydrogen) atoms. The number of quaternary nitrogens is 1. The molecule has 0 amide bonds. The van der Waals surface area contributed by atoms with Crippen molar-refractivity contribution >= 4 is 16.0 Å². The van der Waals surface area contributed by atoms with E-state index in [1.165, 1.54) is 0 Å². The molecule has 1 nitrogen and oxygen atoms in total. The molecule has 0 heterocycles. The third-order valence-corrected chi connectivity index (χ3v) is 2.01. The zero-order valence-corrected chi connectivity index (χ0v) is 8.81. The van der Waals surface area contributed by atoms with Gasteiger partial charge in [-0.1, -0.05) is 0 Å². The van der Waals surface area contributed by atoms with Gasteiger partial charge in [0.1, 0.15) is 0 Å². The molecule has 0 aliphatic rings. The van der Waals surface area contributed by atoms with Crippen molar-refractivity contribution < 1.29 is 28.5 Å². The van der Waals surface area contributed by atoms with Gasteiger partial charge in [-0.25, -0.2) is 0 Å². The Morgan fingerprint density at radius 3 is 1.43 bits per heavy atom. The standard InChI is InChI=1S/C4H11NSe.HI/c1-5(2,3)4-6;/h4H2,1-3H3;1H/q+1;/p-1. The van der Waals surface area contributed by atoms with Gasteiger partial charge >= 0.3 is 47.1 Å². The summed E-state index contributed by atoms with van der Waals surface area (Å²) in [6, 6.07) is 0. The molecule has 0 aromatic rings. The Bertz CT molecular complexity index is 41.4. The van der Waals surface area contributed by atoms with Crippen molar-refractivity contribution in [3.05, 3.63) is 0 Å². The minimum atomic E-state index is 0. The second-order valence-electron chi connectivity index (χ2n) is 2.42. The second-order valence-corrected chi connectivity index (χ2v) is 2.96. The molecule has 0 aromatic carbocycles. The van der Waals surface area contributed by atoms with Crippen LogP contribution in [-0.2, 0) is 0 Å². The van der Waals surface area contributed by atoms with Crippen LogP contribution in [0.5, 0.6) is 0 Å². The first-order valence-electron chi connectivity index (χ1n) is 1.95. The maximum atomic E-state index is 2.95. The van der Waals surface area contributed by atoms with Crippen molar-refractivity contribution in [3.63, 3.8) is 0 Å². The van der Waals surface area contributed by atoms with Gasteiger partial charge in [0.15, 0.2) is 0 Å². The predicted octanol–water partition coefficient (Wildman–Crippen LogP) is -3.18. The number of halogens is 1. The van der Waals surface area contributed by atoms with Crippen LogP contribution in [0.3, 0.4) is 0 Å². The van der Waals surface area contributed by atoms with Crippen LogP contribution in [0.1, 0.15) is 0 Å². The molecule has 0 N–H and O–H groups in total. The summed E-state index contributed by atoms with van der Waals surface area (Å²) in [5.74, 6) is 0. The summed E-state index contributed by atoms with van der Waals surface area (Å²) in [7, 11) is 6.45. The van der Waals surface area contributed by atoms with E-state index in [0.717, 1.165) is 9.93 Å². The van der Waals surface area contributed by atoms with Crippen molar-refractivity contribution in [2.45, 2.75) is 0 Å². The zero-order chi connectivity index (χ0) is 5.21. The van der Waals surface area contributed by atoms with E-state index >= 15 is 0 Å². The molecule has 3 heteroatoms. The van der Waals surface area contributed by atoms with Crippen LogP contribution < -0.4 is 24.0 Å². The van der Waals surface area contributed by atoms with Crippen LogP contribution in [0.4, 0.5) is 0 Å². The minimum Gasteiger partial charge on any atom is -1.00 e. The molecule has 0 spiro atoms. The summed E-state index contributed by atoms with van der Waals surface area (Å²) in [6.45, 7) is 0. The maximum absolute atomic E-state index is 2.95. The van der Waals surface area contributed by atoms with Gasteiger partial charge in [0.05, 0.1) is 0 Å². The Labute approximate surface area is 70.9 Å².